The maximum absolute atomic E-state index is 14.8. The predicted octanol–water partition coefficient (Wildman–Crippen LogP) is -2.54. The summed E-state index contributed by atoms with van der Waals surface area (Å²) < 4.78 is 27.9. The van der Waals surface area contributed by atoms with Gasteiger partial charge in [0.1, 0.15) is 48.0 Å². The summed E-state index contributed by atoms with van der Waals surface area (Å²) in [5.41, 5.74) is 14.7. The molecule has 0 aliphatic carbocycles. The van der Waals surface area contributed by atoms with Gasteiger partial charge in [0.2, 0.25) is 51.4 Å². The van der Waals surface area contributed by atoms with Crippen molar-refractivity contribution >= 4 is 93.4 Å². The number of piperazine rings is 1. The van der Waals surface area contributed by atoms with Crippen molar-refractivity contribution in [2.24, 2.45) is 11.5 Å². The number of amides is 8. The number of benzene rings is 3. The minimum atomic E-state index is -4.25. The minimum absolute atomic E-state index is 0.000407. The highest BCUT2D eigenvalue weighted by atomic mass is 32.2. The average Bonchev–Trinajstić information content (AvgIpc) is 3.39. The van der Waals surface area contributed by atoms with Crippen LogP contribution in [0.3, 0.4) is 0 Å². The number of carbonyl (C=O) groups is 8. The van der Waals surface area contributed by atoms with Crippen LogP contribution in [0.2, 0.25) is 0 Å². The van der Waals surface area contributed by atoms with Crippen LogP contribution in [-0.4, -0.2) is 210 Å². The number of aliphatic hydroxyl groups is 2. The summed E-state index contributed by atoms with van der Waals surface area (Å²) in [4.78, 5) is 119. The Balaban J connectivity index is 1.31. The number of β-amino-alcohol motifs (C(OH)–C–C–N with tert-alkyl or cyclic N) is 1. The molecule has 1 saturated heterocycles. The van der Waals surface area contributed by atoms with E-state index in [0.717, 1.165) is 23.4 Å². The van der Waals surface area contributed by atoms with Crippen molar-refractivity contribution in [1.29, 1.82) is 0 Å². The number of hydrogen-bond donors (Lipinski definition) is 16. The Labute approximate surface area is 511 Å². The van der Waals surface area contributed by atoms with E-state index in [4.69, 9.17) is 11.5 Å². The van der Waals surface area contributed by atoms with Crippen molar-refractivity contribution in [3.05, 3.63) is 102 Å². The molecule has 8 amide bonds. The summed E-state index contributed by atoms with van der Waals surface area (Å²) in [5.74, 6) is -8.11. The average molecular weight is 1250 g/mol. The number of nitrogens with two attached hydrogens (primary N) is 2. The fraction of sp³-hybridized carbons (Fsp3) is 0.509. The van der Waals surface area contributed by atoms with E-state index in [9.17, 15) is 62.1 Å². The zero-order valence-corrected chi connectivity index (χ0v) is 50.9. The lowest BCUT2D eigenvalue weighted by atomic mass is 10.0. The largest absolute Gasteiger partial charge is 0.508 e. The summed E-state index contributed by atoms with van der Waals surface area (Å²) in [6.07, 6.45) is 0.659. The first kappa shape index (κ1) is 69.9. The summed E-state index contributed by atoms with van der Waals surface area (Å²) in [5, 5.41) is 48.8. The third kappa shape index (κ3) is 22.2. The maximum atomic E-state index is 14.8. The van der Waals surface area contributed by atoms with Gasteiger partial charge in [0.25, 0.3) is 5.91 Å². The maximum Gasteiger partial charge on any atom is 0.258 e. The van der Waals surface area contributed by atoms with Gasteiger partial charge in [-0.2, -0.15) is 25.3 Å². The van der Waals surface area contributed by atoms with E-state index in [1.165, 1.54) is 12.1 Å². The number of sulfonamides is 1. The van der Waals surface area contributed by atoms with Crippen molar-refractivity contribution in [3.8, 4) is 5.75 Å². The molecular formula is C57H83N13O13S3. The molecule has 1 aliphatic rings. The number of thiol groups is 2. The number of aromatic nitrogens is 1. The molecule has 0 bridgehead atoms. The van der Waals surface area contributed by atoms with Crippen LogP contribution in [0.4, 0.5) is 0 Å². The lowest BCUT2D eigenvalue weighted by Crippen LogP contribution is -2.61. The van der Waals surface area contributed by atoms with Crippen LogP contribution in [0.1, 0.15) is 56.2 Å². The number of rotatable bonds is 35. The number of para-hydroxylation sites is 1. The highest BCUT2D eigenvalue weighted by Crippen LogP contribution is 2.20. The smallest absolute Gasteiger partial charge is 0.258 e. The molecular weight excluding hydrogens is 1170 g/mol. The second-order valence-electron chi connectivity index (χ2n) is 21.1. The molecule has 26 nitrogen and oxygen atoms in total. The van der Waals surface area contributed by atoms with Crippen molar-refractivity contribution in [2.75, 3.05) is 69.7 Å². The van der Waals surface area contributed by atoms with Gasteiger partial charge >= 0.3 is 0 Å². The molecule has 4 aromatic rings. The fourth-order valence-electron chi connectivity index (χ4n) is 9.46. The highest BCUT2D eigenvalue weighted by molar-refractivity contribution is 7.90. The zero-order valence-electron chi connectivity index (χ0n) is 48.3. The molecule has 0 unspecified atom stereocenters. The molecule has 16 N–H and O–H groups in total. The number of aromatic hydroxyl groups is 1. The Bertz CT molecular complexity index is 2990. The summed E-state index contributed by atoms with van der Waals surface area (Å²) in [6, 6.07) is 11.1. The van der Waals surface area contributed by atoms with E-state index in [1.54, 1.807) is 55.6 Å². The Morgan fingerprint density at radius 1 is 0.616 bits per heavy atom. The van der Waals surface area contributed by atoms with Gasteiger partial charge in [-0.15, -0.1) is 0 Å². The molecule has 0 radical (unpaired) electrons. The number of H-pyrrole nitrogens is 1. The highest BCUT2D eigenvalue weighted by Gasteiger charge is 2.36. The minimum Gasteiger partial charge on any atom is -0.508 e. The molecule has 29 heteroatoms. The molecule has 1 aliphatic heterocycles. The molecule has 1 fully saturated rings. The van der Waals surface area contributed by atoms with Crippen LogP contribution in [0.5, 0.6) is 5.75 Å². The van der Waals surface area contributed by atoms with Crippen molar-refractivity contribution < 1.29 is 62.1 Å². The summed E-state index contributed by atoms with van der Waals surface area (Å²) in [6.45, 7) is 5.90. The van der Waals surface area contributed by atoms with Crippen LogP contribution in [0.15, 0.2) is 85.1 Å². The summed E-state index contributed by atoms with van der Waals surface area (Å²) >= 11 is 8.54. The molecule has 1 aromatic heterocycles. The van der Waals surface area contributed by atoms with Crippen LogP contribution in [0, 0.1) is 0 Å². The lowest BCUT2D eigenvalue weighted by molar-refractivity contribution is -0.135. The van der Waals surface area contributed by atoms with Crippen molar-refractivity contribution in [3.63, 3.8) is 0 Å². The van der Waals surface area contributed by atoms with E-state index in [2.05, 4.69) is 67.5 Å². The first-order chi connectivity index (χ1) is 41.1. The van der Waals surface area contributed by atoms with Crippen LogP contribution in [-0.2, 0) is 67.6 Å². The van der Waals surface area contributed by atoms with Crippen LogP contribution in [0.25, 0.3) is 10.9 Å². The predicted molar refractivity (Wildman–Crippen MR) is 330 cm³/mol. The number of phenols is 1. The lowest BCUT2D eigenvalue weighted by Gasteiger charge is -2.34. The quantitative estimate of drug-likeness (QED) is 0.0167. The summed E-state index contributed by atoms with van der Waals surface area (Å²) in [7, 11) is -4.25. The van der Waals surface area contributed by atoms with E-state index >= 15 is 0 Å². The Hall–Kier alpha value is -6.83. The van der Waals surface area contributed by atoms with Crippen LogP contribution < -0.4 is 53.4 Å². The van der Waals surface area contributed by atoms with Gasteiger partial charge in [0.15, 0.2) is 0 Å². The SMILES string of the molecule is CC[C@H](NC(=O)[C@H](CCCCN)NC(=O)[C@@H](Cc1c[nH]c2ccccc12)NC(=O)[C@H](Cc1ccc(O)cc1)NC(=O)[C@H](CS)NC(=O)[C@H](N)Cc1ccccc1)C(=O)N[C@@H](CS)C(=O)N[C@H](C(=O)NS(=O)(=O)CCN1CCN(CCO)CC1)[C@@H](C)O. The molecule has 3 aromatic carbocycles. The number of unbranched alkanes of at least 4 members (excludes halogenated alkanes) is 1. The third-order valence-electron chi connectivity index (χ3n) is 14.5. The zero-order chi connectivity index (χ0) is 62.9. The number of carbonyl (C=O) groups excluding carboxylic acids is 8. The van der Waals surface area contributed by atoms with Gasteiger partial charge in [-0.3, -0.25) is 52.9 Å². The number of nitrogens with one attached hydrogen (secondary N) is 9. The second kappa shape index (κ2) is 35.1. The molecule has 0 spiro atoms. The van der Waals surface area contributed by atoms with Gasteiger partial charge in [0.05, 0.1) is 24.5 Å². The van der Waals surface area contributed by atoms with Crippen molar-refractivity contribution in [1.82, 2.24) is 56.7 Å². The van der Waals surface area contributed by atoms with Gasteiger partial charge in [-0.1, -0.05) is 67.6 Å². The number of aromatic amines is 1. The number of hydrogen-bond acceptors (Lipinski definition) is 19. The number of fused-ring (bicyclic) bond motifs is 1. The van der Waals surface area contributed by atoms with Crippen molar-refractivity contribution in [2.45, 2.75) is 113 Å². The number of aliphatic hydroxyl groups excluding tert-OH is 2. The first-order valence-electron chi connectivity index (χ1n) is 28.5. The monoisotopic (exact) mass is 1250 g/mol. The standard InChI is InChI=1S/C57H83N13O13S3/c1-3-42(51(75)66-48(34-85)56(80)67-49(35(2)72)57(81)68-86(82,83)28-26-70-23-21-69(22-24-70)25-27-71)61-52(76)44(15-9-10-20-58)62-54(78)46(31-38-32-60-43-14-8-7-13-40(38)43)64-53(77)45(30-37-16-18-39(73)19-17-37)63-55(79)47(33-84)65-50(74)41(59)29-36-11-5-4-6-12-36/h4-8,11-14,16-19,32,35,41-42,44-49,60,71-73,84-85H,3,9-10,15,20-31,33-34,58-59H2,1-2H3,(H,61,76)(H,62,78)(H,63,79)(H,64,77)(H,65,74)(H,66,75)(H,67,80)(H,68,81)/t35-,41-,42+,44+,45+,46-,47+,48+,49+/m1/s1. The van der Waals surface area contributed by atoms with Gasteiger partial charge in [-0.25, -0.2) is 8.42 Å². The Morgan fingerprint density at radius 2 is 1.12 bits per heavy atom. The van der Waals surface area contributed by atoms with Gasteiger partial charge in [-0.05, 0) is 80.5 Å². The normalized spacial score (nSPS) is 16.1. The fourth-order valence-corrected chi connectivity index (χ4v) is 11.0. The molecule has 86 heavy (non-hydrogen) atoms. The topological polar surface area (TPSA) is 402 Å². The third-order valence-corrected chi connectivity index (χ3v) is 16.5. The second-order valence-corrected chi connectivity index (χ2v) is 23.6. The van der Waals surface area contributed by atoms with E-state index in [1.807, 2.05) is 38.8 Å². The van der Waals surface area contributed by atoms with E-state index in [0.29, 0.717) is 56.7 Å². The van der Waals surface area contributed by atoms with E-state index in [-0.39, 0.29) is 69.1 Å². The molecule has 0 saturated carbocycles. The van der Waals surface area contributed by atoms with E-state index < -0.39 is 117 Å². The Morgan fingerprint density at radius 3 is 1.71 bits per heavy atom. The number of nitrogens with zero attached hydrogens (tertiary/aromatic N) is 2. The molecule has 5 rings (SSSR count). The molecule has 9 atom stereocenters. The number of phenolic OH excluding ortho intramolecular Hbond substituents is 1. The molecule has 472 valence electrons. The van der Waals surface area contributed by atoms with Gasteiger partial charge in [0, 0.05) is 80.7 Å². The Kier molecular flexibility index (Phi) is 28.5. The molecule has 2 heterocycles. The van der Waals surface area contributed by atoms with Crippen LogP contribution >= 0.6 is 25.3 Å². The van der Waals surface area contributed by atoms with Gasteiger partial charge < -0.3 is 69.0 Å². The first-order valence-corrected chi connectivity index (χ1v) is 31.4.